The monoisotopic (exact) mass is 275 g/mol. The second-order valence-electron chi connectivity index (χ2n) is 4.27. The molecule has 1 aliphatic rings. The van der Waals surface area contributed by atoms with Crippen molar-refractivity contribution in [2.75, 3.05) is 13.2 Å². The molecule has 2 N–H and O–H groups in total. The molecule has 1 atom stereocenters. The highest BCUT2D eigenvalue weighted by atomic mass is 31.2. The molecule has 0 aromatic carbocycles. The Hall–Kier alpha value is -0.640. The molecule has 1 rings (SSSR count). The lowest BCUT2D eigenvalue weighted by Crippen LogP contribution is -2.24. The average Bonchev–Trinajstić information content (AvgIpc) is 2.32. The minimum atomic E-state index is -3.23. The van der Waals surface area contributed by atoms with Crippen molar-refractivity contribution in [2.24, 2.45) is 5.73 Å². The Balaban J connectivity index is 3.02. The molecule has 0 aliphatic heterocycles. The summed E-state index contributed by atoms with van der Waals surface area (Å²) < 4.78 is 23.2. The molecule has 1 unspecified atom stereocenters. The molecule has 0 saturated heterocycles. The first kappa shape index (κ1) is 15.4. The van der Waals surface area contributed by atoms with Crippen LogP contribution in [0.1, 0.15) is 40.0 Å². The summed E-state index contributed by atoms with van der Waals surface area (Å²) >= 11 is 0. The summed E-state index contributed by atoms with van der Waals surface area (Å²) in [6, 6.07) is 0. The lowest BCUT2D eigenvalue weighted by molar-refractivity contribution is -0.116. The summed E-state index contributed by atoms with van der Waals surface area (Å²) in [4.78, 5) is 11.6. The Kier molecular flexibility index (Phi) is 5.57. The molecule has 1 aliphatic carbocycles. The zero-order valence-electron chi connectivity index (χ0n) is 11.3. The Morgan fingerprint density at radius 1 is 1.28 bits per heavy atom. The lowest BCUT2D eigenvalue weighted by Gasteiger charge is -2.28. The van der Waals surface area contributed by atoms with Crippen molar-refractivity contribution < 1.29 is 18.4 Å². The molecule has 0 spiro atoms. The van der Waals surface area contributed by atoms with Crippen LogP contribution >= 0.6 is 7.60 Å². The number of rotatable bonds is 6. The maximum absolute atomic E-state index is 12.6. The van der Waals surface area contributed by atoms with Crippen LogP contribution in [-0.2, 0) is 18.4 Å². The number of hydrogen-bond acceptors (Lipinski definition) is 5. The van der Waals surface area contributed by atoms with E-state index in [0.717, 1.165) is 12.0 Å². The molecule has 0 heterocycles. The van der Waals surface area contributed by atoms with Crippen molar-refractivity contribution in [3.05, 3.63) is 11.3 Å². The number of ketones is 1. The summed E-state index contributed by atoms with van der Waals surface area (Å²) in [5, 5.41) is 0. The van der Waals surface area contributed by atoms with E-state index in [2.05, 4.69) is 0 Å². The molecule has 0 saturated carbocycles. The van der Waals surface area contributed by atoms with Gasteiger partial charge in [0.1, 0.15) is 0 Å². The molecule has 0 radical (unpaired) electrons. The number of allylic oxidation sites excluding steroid dienone is 2. The van der Waals surface area contributed by atoms with Gasteiger partial charge in [0, 0.05) is 6.42 Å². The van der Waals surface area contributed by atoms with Crippen LogP contribution in [0.25, 0.3) is 0 Å². The van der Waals surface area contributed by atoms with Crippen LogP contribution < -0.4 is 5.73 Å². The highest BCUT2D eigenvalue weighted by molar-refractivity contribution is 7.54. The zero-order valence-corrected chi connectivity index (χ0v) is 12.2. The van der Waals surface area contributed by atoms with E-state index in [4.69, 9.17) is 14.8 Å². The number of carbonyl (C=O) groups is 1. The predicted octanol–water partition coefficient (Wildman–Crippen LogP) is 2.61. The smallest absolute Gasteiger partial charge is 0.337 e. The topological polar surface area (TPSA) is 78.6 Å². The fourth-order valence-electron chi connectivity index (χ4n) is 2.13. The fourth-order valence-corrected chi connectivity index (χ4v) is 4.02. The van der Waals surface area contributed by atoms with Gasteiger partial charge in [-0.2, -0.15) is 0 Å². The number of Topliss-reactive ketones (excluding diaryl/α,β-unsaturated/α-hetero) is 1. The Labute approximate surface area is 108 Å². The lowest BCUT2D eigenvalue weighted by atomic mass is 9.94. The van der Waals surface area contributed by atoms with E-state index >= 15 is 0 Å². The minimum Gasteiger partial charge on any atom is -0.396 e. The van der Waals surface area contributed by atoms with Gasteiger partial charge in [0.25, 0.3) is 0 Å². The van der Waals surface area contributed by atoms with Crippen LogP contribution in [0.4, 0.5) is 0 Å². The van der Waals surface area contributed by atoms with Crippen LogP contribution in [0.3, 0.4) is 0 Å². The number of hydrogen-bond donors (Lipinski definition) is 1. The summed E-state index contributed by atoms with van der Waals surface area (Å²) in [7, 11) is -3.23. The van der Waals surface area contributed by atoms with Gasteiger partial charge in [-0.15, -0.1) is 0 Å². The Bertz CT molecular complexity index is 382. The van der Waals surface area contributed by atoms with Gasteiger partial charge >= 0.3 is 7.60 Å². The number of nitrogens with two attached hydrogens (primary N) is 1. The van der Waals surface area contributed by atoms with Gasteiger partial charge in [0.15, 0.2) is 5.78 Å². The van der Waals surface area contributed by atoms with E-state index in [1.54, 1.807) is 20.8 Å². The van der Waals surface area contributed by atoms with E-state index in [1.807, 2.05) is 0 Å². The highest BCUT2D eigenvalue weighted by Gasteiger charge is 2.37. The van der Waals surface area contributed by atoms with Crippen molar-refractivity contribution in [1.82, 2.24) is 0 Å². The van der Waals surface area contributed by atoms with Crippen molar-refractivity contribution >= 4 is 13.4 Å². The van der Waals surface area contributed by atoms with Crippen molar-refractivity contribution in [1.29, 1.82) is 0 Å². The molecule has 0 fully saturated rings. The van der Waals surface area contributed by atoms with Gasteiger partial charge in [-0.25, -0.2) is 0 Å². The minimum absolute atomic E-state index is 0.0670. The molecule has 0 amide bonds. The zero-order chi connectivity index (χ0) is 13.8. The molecule has 5 nitrogen and oxygen atoms in total. The molecular formula is C12H22NO4P. The molecule has 18 heavy (non-hydrogen) atoms. The van der Waals surface area contributed by atoms with Gasteiger partial charge < -0.3 is 14.8 Å². The molecular weight excluding hydrogens is 253 g/mol. The molecule has 104 valence electrons. The van der Waals surface area contributed by atoms with E-state index in [0.29, 0.717) is 26.1 Å². The second kappa shape index (κ2) is 6.50. The third-order valence-electron chi connectivity index (χ3n) is 3.09. The van der Waals surface area contributed by atoms with Gasteiger partial charge in [-0.3, -0.25) is 9.36 Å². The molecule has 0 aromatic rings. The SMILES string of the molecule is CCOP(=O)(OCC)C(C)C1=C(N)C(=O)CCC1. The predicted molar refractivity (Wildman–Crippen MR) is 70.4 cm³/mol. The summed E-state index contributed by atoms with van der Waals surface area (Å²) in [6.45, 7) is 5.91. The maximum Gasteiger partial charge on any atom is 0.337 e. The van der Waals surface area contributed by atoms with E-state index < -0.39 is 13.3 Å². The summed E-state index contributed by atoms with van der Waals surface area (Å²) in [5.74, 6) is -0.0670. The average molecular weight is 275 g/mol. The van der Waals surface area contributed by atoms with Gasteiger partial charge in [0.2, 0.25) is 0 Å². The van der Waals surface area contributed by atoms with Crippen molar-refractivity contribution in [2.45, 2.75) is 45.7 Å². The quantitative estimate of drug-likeness (QED) is 0.754. The Morgan fingerprint density at radius 3 is 2.33 bits per heavy atom. The van der Waals surface area contributed by atoms with E-state index in [1.165, 1.54) is 0 Å². The number of carbonyl (C=O) groups excluding carboxylic acids is 1. The van der Waals surface area contributed by atoms with Crippen LogP contribution in [-0.4, -0.2) is 24.7 Å². The summed E-state index contributed by atoms with van der Waals surface area (Å²) in [5.41, 5.74) is 6.32. The van der Waals surface area contributed by atoms with Crippen LogP contribution in [0.5, 0.6) is 0 Å². The molecule has 0 bridgehead atoms. The van der Waals surface area contributed by atoms with Crippen LogP contribution in [0.15, 0.2) is 11.3 Å². The molecule has 6 heteroatoms. The highest BCUT2D eigenvalue weighted by Crippen LogP contribution is 2.56. The van der Waals surface area contributed by atoms with E-state index in [-0.39, 0.29) is 11.5 Å². The van der Waals surface area contributed by atoms with Gasteiger partial charge in [-0.1, -0.05) is 0 Å². The third kappa shape index (κ3) is 3.22. The van der Waals surface area contributed by atoms with Crippen molar-refractivity contribution in [3.63, 3.8) is 0 Å². The maximum atomic E-state index is 12.6. The van der Waals surface area contributed by atoms with E-state index in [9.17, 15) is 9.36 Å². The third-order valence-corrected chi connectivity index (χ3v) is 5.59. The molecule has 0 aromatic heterocycles. The first-order chi connectivity index (χ1) is 8.46. The van der Waals surface area contributed by atoms with Gasteiger partial charge in [-0.05, 0) is 39.2 Å². The normalized spacial score (nSPS) is 19.2. The van der Waals surface area contributed by atoms with Crippen LogP contribution in [0, 0.1) is 0 Å². The first-order valence-corrected chi connectivity index (χ1v) is 7.98. The second-order valence-corrected chi connectivity index (χ2v) is 6.64. The van der Waals surface area contributed by atoms with Crippen molar-refractivity contribution in [3.8, 4) is 0 Å². The standard InChI is InChI=1S/C12H22NO4P/c1-4-16-18(15,17-5-2)9(3)10-7-6-8-11(14)12(10)13/h9H,4-8,13H2,1-3H3. The fraction of sp³-hybridized carbons (Fsp3) is 0.750. The summed E-state index contributed by atoms with van der Waals surface area (Å²) in [6.07, 6.45) is 1.90. The largest absolute Gasteiger partial charge is 0.396 e. The van der Waals surface area contributed by atoms with Gasteiger partial charge in [0.05, 0.1) is 24.6 Å². The Morgan fingerprint density at radius 2 is 1.83 bits per heavy atom. The first-order valence-electron chi connectivity index (χ1n) is 6.36. The van der Waals surface area contributed by atoms with Crippen LogP contribution in [0.2, 0.25) is 0 Å².